The zero-order valence-corrected chi connectivity index (χ0v) is 11.0. The maximum atomic E-state index is 10.8. The first-order valence-electron chi connectivity index (χ1n) is 5.87. The van der Waals surface area contributed by atoms with Gasteiger partial charge in [-0.3, -0.25) is 0 Å². The lowest BCUT2D eigenvalue weighted by Gasteiger charge is -2.19. The Morgan fingerprint density at radius 3 is 2.47 bits per heavy atom. The molecule has 0 aromatic heterocycles. The topological polar surface area (TPSA) is 49.3 Å². The number of aromatic carboxylic acids is 1. The fourth-order valence-corrected chi connectivity index (χ4v) is 1.57. The maximum Gasteiger partial charge on any atom is 0.335 e. The molecule has 3 heteroatoms. The van der Waals surface area contributed by atoms with Gasteiger partial charge in [0.1, 0.15) is 0 Å². The number of carboxylic acid groups (broad SMARTS) is 1. The predicted octanol–water partition coefficient (Wildman–Crippen LogP) is 3.54. The van der Waals surface area contributed by atoms with Crippen molar-refractivity contribution < 1.29 is 9.90 Å². The third-order valence-electron chi connectivity index (χ3n) is 2.66. The molecular weight excluding hydrogens is 214 g/mol. The number of hydrogen-bond acceptors (Lipinski definition) is 2. The number of aryl methyl sites for hydroxylation is 1. The van der Waals surface area contributed by atoms with Crippen LogP contribution in [0.2, 0.25) is 0 Å². The summed E-state index contributed by atoms with van der Waals surface area (Å²) in [6.07, 6.45) is 1.08. The third kappa shape index (κ3) is 4.47. The zero-order valence-electron chi connectivity index (χ0n) is 11.0. The van der Waals surface area contributed by atoms with E-state index in [1.54, 1.807) is 12.1 Å². The second-order valence-corrected chi connectivity index (χ2v) is 5.57. The molecule has 0 spiro atoms. The number of benzene rings is 1. The van der Waals surface area contributed by atoms with Crippen LogP contribution in [0.25, 0.3) is 0 Å². The van der Waals surface area contributed by atoms with E-state index in [0.717, 1.165) is 24.2 Å². The number of carbonyl (C=O) groups is 1. The third-order valence-corrected chi connectivity index (χ3v) is 2.66. The van der Waals surface area contributed by atoms with Gasteiger partial charge in [0.05, 0.1) is 5.56 Å². The summed E-state index contributed by atoms with van der Waals surface area (Å²) in [5.74, 6) is -0.880. The minimum absolute atomic E-state index is 0.307. The van der Waals surface area contributed by atoms with Crippen LogP contribution >= 0.6 is 0 Å². The van der Waals surface area contributed by atoms with Gasteiger partial charge < -0.3 is 10.4 Å². The molecule has 0 unspecified atom stereocenters. The number of anilines is 1. The van der Waals surface area contributed by atoms with Crippen molar-refractivity contribution in [3.8, 4) is 0 Å². The molecule has 0 aliphatic carbocycles. The van der Waals surface area contributed by atoms with Gasteiger partial charge in [0.25, 0.3) is 0 Å². The lowest BCUT2D eigenvalue weighted by atomic mass is 9.92. The van der Waals surface area contributed by atoms with Crippen LogP contribution in [0.1, 0.15) is 43.1 Å². The molecule has 0 amide bonds. The summed E-state index contributed by atoms with van der Waals surface area (Å²) in [6.45, 7) is 9.43. The highest BCUT2D eigenvalue weighted by molar-refractivity contribution is 5.88. The van der Waals surface area contributed by atoms with Gasteiger partial charge in [-0.2, -0.15) is 0 Å². The summed E-state index contributed by atoms with van der Waals surface area (Å²) in [7, 11) is 0. The van der Waals surface area contributed by atoms with Crippen molar-refractivity contribution in [2.45, 2.75) is 34.1 Å². The van der Waals surface area contributed by atoms with Crippen molar-refractivity contribution in [2.24, 2.45) is 5.41 Å². The zero-order chi connectivity index (χ0) is 13.1. The van der Waals surface area contributed by atoms with Gasteiger partial charge >= 0.3 is 5.97 Å². The molecule has 1 aromatic rings. The van der Waals surface area contributed by atoms with Crippen LogP contribution in [0.3, 0.4) is 0 Å². The van der Waals surface area contributed by atoms with E-state index in [-0.39, 0.29) is 0 Å². The van der Waals surface area contributed by atoms with E-state index in [1.165, 1.54) is 0 Å². The monoisotopic (exact) mass is 235 g/mol. The van der Waals surface area contributed by atoms with Crippen molar-refractivity contribution in [3.63, 3.8) is 0 Å². The number of carboxylic acids is 1. The Morgan fingerprint density at radius 1 is 1.35 bits per heavy atom. The molecule has 3 nitrogen and oxygen atoms in total. The van der Waals surface area contributed by atoms with Crippen molar-refractivity contribution >= 4 is 11.7 Å². The van der Waals surface area contributed by atoms with Crippen LogP contribution in [-0.4, -0.2) is 17.6 Å². The number of hydrogen-bond donors (Lipinski definition) is 2. The molecule has 17 heavy (non-hydrogen) atoms. The van der Waals surface area contributed by atoms with Gasteiger partial charge in [-0.1, -0.05) is 20.8 Å². The first-order valence-corrected chi connectivity index (χ1v) is 5.87. The van der Waals surface area contributed by atoms with E-state index in [4.69, 9.17) is 5.11 Å². The van der Waals surface area contributed by atoms with E-state index >= 15 is 0 Å². The van der Waals surface area contributed by atoms with Crippen molar-refractivity contribution in [1.29, 1.82) is 0 Å². The molecule has 0 atom stereocenters. The SMILES string of the molecule is Cc1cc(C(=O)O)ccc1NCCC(C)(C)C. The largest absolute Gasteiger partial charge is 0.478 e. The Hall–Kier alpha value is -1.51. The lowest BCUT2D eigenvalue weighted by Crippen LogP contribution is -2.13. The Balaban J connectivity index is 2.64. The first-order chi connectivity index (χ1) is 7.79. The van der Waals surface area contributed by atoms with Crippen LogP contribution in [0.15, 0.2) is 18.2 Å². The molecular formula is C14H21NO2. The average molecular weight is 235 g/mol. The summed E-state index contributed by atoms with van der Waals surface area (Å²) in [5.41, 5.74) is 2.63. The molecule has 0 aliphatic heterocycles. The van der Waals surface area contributed by atoms with Crippen LogP contribution < -0.4 is 5.32 Å². The van der Waals surface area contributed by atoms with Gasteiger partial charge in [-0.05, 0) is 42.5 Å². The fourth-order valence-electron chi connectivity index (χ4n) is 1.57. The van der Waals surface area contributed by atoms with Crippen molar-refractivity contribution in [3.05, 3.63) is 29.3 Å². The van der Waals surface area contributed by atoms with E-state index < -0.39 is 5.97 Å². The van der Waals surface area contributed by atoms with Gasteiger partial charge in [0.2, 0.25) is 0 Å². The summed E-state index contributed by atoms with van der Waals surface area (Å²) < 4.78 is 0. The molecule has 0 bridgehead atoms. The van der Waals surface area contributed by atoms with E-state index in [2.05, 4.69) is 26.1 Å². The Labute approximate surface area is 103 Å². The number of nitrogens with one attached hydrogen (secondary N) is 1. The second-order valence-electron chi connectivity index (χ2n) is 5.57. The molecule has 0 saturated heterocycles. The normalized spacial score (nSPS) is 11.3. The molecule has 2 N–H and O–H groups in total. The molecule has 0 fully saturated rings. The minimum atomic E-state index is -0.880. The average Bonchev–Trinajstić information content (AvgIpc) is 2.18. The van der Waals surface area contributed by atoms with E-state index in [1.807, 2.05) is 13.0 Å². The molecule has 1 aromatic carbocycles. The van der Waals surface area contributed by atoms with Crippen LogP contribution in [0.5, 0.6) is 0 Å². The standard InChI is InChI=1S/C14H21NO2/c1-10-9-11(13(16)17)5-6-12(10)15-8-7-14(2,3)4/h5-6,9,15H,7-8H2,1-4H3,(H,16,17). The highest BCUT2D eigenvalue weighted by atomic mass is 16.4. The summed E-state index contributed by atoms with van der Waals surface area (Å²) in [6, 6.07) is 5.16. The van der Waals surface area contributed by atoms with Crippen LogP contribution in [0, 0.1) is 12.3 Å². The van der Waals surface area contributed by atoms with Gasteiger partial charge in [-0.15, -0.1) is 0 Å². The maximum absolute atomic E-state index is 10.8. The quantitative estimate of drug-likeness (QED) is 0.839. The fraction of sp³-hybridized carbons (Fsp3) is 0.500. The second kappa shape index (κ2) is 5.21. The Bertz CT molecular complexity index is 405. The highest BCUT2D eigenvalue weighted by Crippen LogP contribution is 2.20. The van der Waals surface area contributed by atoms with E-state index in [9.17, 15) is 4.79 Å². The first kappa shape index (κ1) is 13.6. The number of rotatable bonds is 4. The molecule has 0 heterocycles. The van der Waals surface area contributed by atoms with Crippen LogP contribution in [-0.2, 0) is 0 Å². The highest BCUT2D eigenvalue weighted by Gasteiger charge is 2.10. The van der Waals surface area contributed by atoms with Crippen molar-refractivity contribution in [2.75, 3.05) is 11.9 Å². The molecule has 0 radical (unpaired) electrons. The molecule has 0 aliphatic rings. The van der Waals surface area contributed by atoms with Gasteiger partial charge in [0.15, 0.2) is 0 Å². The summed E-state index contributed by atoms with van der Waals surface area (Å²) in [5, 5.41) is 12.2. The summed E-state index contributed by atoms with van der Waals surface area (Å²) >= 11 is 0. The minimum Gasteiger partial charge on any atom is -0.478 e. The van der Waals surface area contributed by atoms with Crippen LogP contribution in [0.4, 0.5) is 5.69 Å². The molecule has 1 rings (SSSR count). The lowest BCUT2D eigenvalue weighted by molar-refractivity contribution is 0.0697. The van der Waals surface area contributed by atoms with Crippen molar-refractivity contribution in [1.82, 2.24) is 0 Å². The molecule has 94 valence electrons. The molecule has 0 saturated carbocycles. The predicted molar refractivity (Wildman–Crippen MR) is 70.7 cm³/mol. The Morgan fingerprint density at radius 2 is 2.00 bits per heavy atom. The van der Waals surface area contributed by atoms with Gasteiger partial charge in [0, 0.05) is 12.2 Å². The van der Waals surface area contributed by atoms with E-state index in [0.29, 0.717) is 11.0 Å². The van der Waals surface area contributed by atoms with Gasteiger partial charge in [-0.25, -0.2) is 4.79 Å². The smallest absolute Gasteiger partial charge is 0.335 e. The summed E-state index contributed by atoms with van der Waals surface area (Å²) in [4.78, 5) is 10.8. The Kier molecular flexibility index (Phi) is 4.16.